The molecule has 0 aliphatic heterocycles. The van der Waals surface area contributed by atoms with Crippen molar-refractivity contribution in [2.24, 2.45) is 13.0 Å². The zero-order chi connectivity index (χ0) is 10.0. The van der Waals surface area contributed by atoms with E-state index in [0.29, 0.717) is 0 Å². The van der Waals surface area contributed by atoms with Crippen LogP contribution in [0.1, 0.15) is 32.1 Å². The van der Waals surface area contributed by atoms with Crippen LogP contribution in [0.4, 0.5) is 0 Å². The molecule has 0 aliphatic rings. The molecule has 74 valence electrons. The highest BCUT2D eigenvalue weighted by Gasteiger charge is 2.20. The van der Waals surface area contributed by atoms with Gasteiger partial charge in [0.05, 0.1) is 22.5 Å². The lowest BCUT2D eigenvalue weighted by Gasteiger charge is -2.17. The Labute approximate surface area is 86.9 Å². The van der Waals surface area contributed by atoms with Gasteiger partial charge in [-0.05, 0) is 21.8 Å². The van der Waals surface area contributed by atoms with E-state index >= 15 is 0 Å². The van der Waals surface area contributed by atoms with Crippen LogP contribution in [-0.4, -0.2) is 14.9 Å². The summed E-state index contributed by atoms with van der Waals surface area (Å²) in [5.74, 6) is 0.256. The number of aliphatic hydroxyl groups excluding tert-OH is 1. The van der Waals surface area contributed by atoms with Gasteiger partial charge in [-0.1, -0.05) is 20.3 Å². The summed E-state index contributed by atoms with van der Waals surface area (Å²) in [7, 11) is 1.84. The van der Waals surface area contributed by atoms with Crippen molar-refractivity contribution in [3.8, 4) is 0 Å². The maximum Gasteiger partial charge on any atom is 0.0993 e. The molecular formula is C9H15BrN2O. The fourth-order valence-corrected chi connectivity index (χ4v) is 1.83. The summed E-state index contributed by atoms with van der Waals surface area (Å²) in [6, 6.07) is 0. The normalized spacial score (nSPS) is 15.8. The molecular weight excluding hydrogens is 232 g/mol. The van der Waals surface area contributed by atoms with Crippen LogP contribution < -0.4 is 0 Å². The Kier molecular flexibility index (Phi) is 3.50. The van der Waals surface area contributed by atoms with Crippen molar-refractivity contribution in [3.63, 3.8) is 0 Å². The summed E-state index contributed by atoms with van der Waals surface area (Å²) >= 11 is 3.37. The summed E-state index contributed by atoms with van der Waals surface area (Å²) < 4.78 is 2.59. The van der Waals surface area contributed by atoms with Crippen LogP contribution in [0.2, 0.25) is 0 Å². The molecule has 2 atom stereocenters. The molecule has 4 heteroatoms. The molecule has 0 aliphatic carbocycles. The highest BCUT2D eigenvalue weighted by Crippen LogP contribution is 2.29. The second kappa shape index (κ2) is 4.24. The fraction of sp³-hybridized carbons (Fsp3) is 0.667. The fourth-order valence-electron chi connectivity index (χ4n) is 1.25. The molecule has 3 nitrogen and oxygen atoms in total. The summed E-state index contributed by atoms with van der Waals surface area (Å²) in [6.07, 6.45) is 2.23. The van der Waals surface area contributed by atoms with Gasteiger partial charge in [0.15, 0.2) is 0 Å². The molecule has 1 heterocycles. The first-order chi connectivity index (χ1) is 6.07. The van der Waals surface area contributed by atoms with Gasteiger partial charge in [0.2, 0.25) is 0 Å². The summed E-state index contributed by atoms with van der Waals surface area (Å²) in [5, 5.41) is 14.0. The quantitative estimate of drug-likeness (QED) is 0.889. The van der Waals surface area contributed by atoms with Crippen LogP contribution in [0, 0.1) is 5.92 Å². The molecule has 0 saturated carbocycles. The lowest BCUT2D eigenvalue weighted by atomic mass is 9.99. The standard InChI is InChI=1S/C9H15BrN2O/c1-4-6(2)9(13)8-7(10)5-11-12(8)3/h5-6,9,13H,4H2,1-3H3. The molecule has 0 fully saturated rings. The first-order valence-corrected chi connectivity index (χ1v) is 5.22. The first kappa shape index (κ1) is 10.7. The average Bonchev–Trinajstić information content (AvgIpc) is 2.44. The third-order valence-electron chi connectivity index (χ3n) is 2.40. The maximum absolute atomic E-state index is 9.95. The van der Waals surface area contributed by atoms with Crippen LogP contribution in [0.15, 0.2) is 10.7 Å². The van der Waals surface area contributed by atoms with Gasteiger partial charge in [-0.2, -0.15) is 5.10 Å². The Morgan fingerprint density at radius 1 is 1.69 bits per heavy atom. The highest BCUT2D eigenvalue weighted by atomic mass is 79.9. The molecule has 0 radical (unpaired) electrons. The number of hydrogen-bond acceptors (Lipinski definition) is 2. The van der Waals surface area contributed by atoms with Crippen LogP contribution in [-0.2, 0) is 7.05 Å². The SMILES string of the molecule is CCC(C)C(O)c1c(Br)cnn1C. The zero-order valence-electron chi connectivity index (χ0n) is 8.16. The van der Waals surface area contributed by atoms with Crippen molar-refractivity contribution in [2.75, 3.05) is 0 Å². The predicted molar refractivity (Wildman–Crippen MR) is 55.3 cm³/mol. The van der Waals surface area contributed by atoms with E-state index in [4.69, 9.17) is 0 Å². The van der Waals surface area contributed by atoms with Crippen molar-refractivity contribution < 1.29 is 5.11 Å². The largest absolute Gasteiger partial charge is 0.386 e. The number of rotatable bonds is 3. The van der Waals surface area contributed by atoms with Crippen molar-refractivity contribution in [1.82, 2.24) is 9.78 Å². The van der Waals surface area contributed by atoms with E-state index in [1.807, 2.05) is 14.0 Å². The third-order valence-corrected chi connectivity index (χ3v) is 3.01. The van der Waals surface area contributed by atoms with E-state index in [9.17, 15) is 5.11 Å². The van der Waals surface area contributed by atoms with E-state index in [2.05, 4.69) is 28.0 Å². The van der Waals surface area contributed by atoms with Gasteiger partial charge in [0.1, 0.15) is 0 Å². The minimum atomic E-state index is -0.438. The molecule has 0 bridgehead atoms. The van der Waals surface area contributed by atoms with Crippen LogP contribution in [0.25, 0.3) is 0 Å². The molecule has 1 aromatic rings. The second-order valence-electron chi connectivity index (χ2n) is 3.33. The number of nitrogens with zero attached hydrogens (tertiary/aromatic N) is 2. The van der Waals surface area contributed by atoms with Gasteiger partial charge in [-0.15, -0.1) is 0 Å². The lowest BCUT2D eigenvalue weighted by molar-refractivity contribution is 0.106. The minimum absolute atomic E-state index is 0.256. The highest BCUT2D eigenvalue weighted by molar-refractivity contribution is 9.10. The number of aryl methyl sites for hydroxylation is 1. The Hall–Kier alpha value is -0.350. The third kappa shape index (κ3) is 2.11. The van der Waals surface area contributed by atoms with Crippen LogP contribution >= 0.6 is 15.9 Å². The molecule has 1 aromatic heterocycles. The van der Waals surface area contributed by atoms with E-state index in [-0.39, 0.29) is 5.92 Å². The molecule has 13 heavy (non-hydrogen) atoms. The van der Waals surface area contributed by atoms with Gasteiger partial charge in [0.25, 0.3) is 0 Å². The van der Waals surface area contributed by atoms with E-state index < -0.39 is 6.10 Å². The van der Waals surface area contributed by atoms with Gasteiger partial charge in [-0.25, -0.2) is 0 Å². The Morgan fingerprint density at radius 3 is 2.69 bits per heavy atom. The smallest absolute Gasteiger partial charge is 0.0993 e. The van der Waals surface area contributed by atoms with Gasteiger partial charge in [0, 0.05) is 7.05 Å². The molecule has 0 amide bonds. The molecule has 0 saturated heterocycles. The molecule has 0 aromatic carbocycles. The van der Waals surface area contributed by atoms with Crippen molar-refractivity contribution in [2.45, 2.75) is 26.4 Å². The molecule has 0 spiro atoms. The molecule has 1 rings (SSSR count). The topological polar surface area (TPSA) is 38.1 Å². The summed E-state index contributed by atoms with van der Waals surface area (Å²) in [4.78, 5) is 0. The molecule has 2 unspecified atom stereocenters. The number of aromatic nitrogens is 2. The number of halogens is 1. The van der Waals surface area contributed by atoms with E-state index in [1.165, 1.54) is 0 Å². The van der Waals surface area contributed by atoms with Crippen molar-refractivity contribution in [1.29, 1.82) is 0 Å². The number of hydrogen-bond donors (Lipinski definition) is 1. The Morgan fingerprint density at radius 2 is 2.31 bits per heavy atom. The first-order valence-electron chi connectivity index (χ1n) is 4.43. The number of aliphatic hydroxyl groups is 1. The summed E-state index contributed by atoms with van der Waals surface area (Å²) in [6.45, 7) is 4.10. The minimum Gasteiger partial charge on any atom is -0.386 e. The Bertz CT molecular complexity index is 266. The van der Waals surface area contributed by atoms with Gasteiger partial charge in [-0.3, -0.25) is 4.68 Å². The molecule has 1 N–H and O–H groups in total. The summed E-state index contributed by atoms with van der Waals surface area (Å²) in [5.41, 5.74) is 0.856. The Balaban J connectivity index is 2.93. The van der Waals surface area contributed by atoms with Gasteiger partial charge < -0.3 is 5.11 Å². The van der Waals surface area contributed by atoms with Crippen LogP contribution in [0.3, 0.4) is 0 Å². The van der Waals surface area contributed by atoms with Crippen molar-refractivity contribution >= 4 is 15.9 Å². The van der Waals surface area contributed by atoms with Crippen LogP contribution in [0.5, 0.6) is 0 Å². The van der Waals surface area contributed by atoms with E-state index in [0.717, 1.165) is 16.6 Å². The van der Waals surface area contributed by atoms with Crippen molar-refractivity contribution in [3.05, 3.63) is 16.4 Å². The van der Waals surface area contributed by atoms with Gasteiger partial charge >= 0.3 is 0 Å². The average molecular weight is 247 g/mol. The second-order valence-corrected chi connectivity index (χ2v) is 4.19. The predicted octanol–water partition coefficient (Wildman–Crippen LogP) is 2.26. The van der Waals surface area contributed by atoms with E-state index in [1.54, 1.807) is 10.9 Å². The lowest BCUT2D eigenvalue weighted by Crippen LogP contribution is -2.13. The monoisotopic (exact) mass is 246 g/mol. The zero-order valence-corrected chi connectivity index (χ0v) is 9.74. The maximum atomic E-state index is 9.95.